The maximum absolute atomic E-state index is 12.7. The van der Waals surface area contributed by atoms with Gasteiger partial charge >= 0.3 is 5.97 Å². The smallest absolute Gasteiger partial charge is 0.336 e. The van der Waals surface area contributed by atoms with E-state index in [4.69, 9.17) is 0 Å². The van der Waals surface area contributed by atoms with Gasteiger partial charge in [0.1, 0.15) is 6.04 Å². The second-order valence-electron chi connectivity index (χ2n) is 6.20. The number of nitro groups is 1. The van der Waals surface area contributed by atoms with Crippen LogP contribution in [0.4, 0.5) is 5.69 Å². The number of nitrogens with one attached hydrogen (secondary N) is 1. The maximum atomic E-state index is 12.7. The fraction of sp³-hybridized carbons (Fsp3) is 0.471. The van der Waals surface area contributed by atoms with E-state index in [9.17, 15) is 29.6 Å². The van der Waals surface area contributed by atoms with Crippen molar-refractivity contribution in [3.05, 3.63) is 39.4 Å². The lowest BCUT2D eigenvalue weighted by Crippen LogP contribution is -2.48. The molecule has 146 valence electrons. The van der Waals surface area contributed by atoms with Gasteiger partial charge in [-0.25, -0.2) is 4.79 Å². The van der Waals surface area contributed by atoms with Crippen LogP contribution in [-0.4, -0.2) is 65.1 Å². The Balaban J connectivity index is 2.07. The first kappa shape index (κ1) is 20.3. The molecule has 0 bridgehead atoms. The average molecular weight is 379 g/mol. The molecule has 0 saturated carbocycles. The van der Waals surface area contributed by atoms with Crippen LogP contribution in [0.2, 0.25) is 0 Å². The molecule has 0 aliphatic carbocycles. The molecule has 27 heavy (non-hydrogen) atoms. The molecule has 10 heteroatoms. The first-order valence-corrected chi connectivity index (χ1v) is 8.36. The van der Waals surface area contributed by atoms with Crippen LogP contribution in [0.15, 0.2) is 18.2 Å². The van der Waals surface area contributed by atoms with Crippen molar-refractivity contribution in [3.63, 3.8) is 0 Å². The number of ether oxygens (including phenoxy) is 1. The van der Waals surface area contributed by atoms with Crippen LogP contribution in [0.3, 0.4) is 0 Å². The largest absolute Gasteiger partial charge is 0.467 e. The summed E-state index contributed by atoms with van der Waals surface area (Å²) in [6.07, 6.45) is -0.422. The van der Waals surface area contributed by atoms with Crippen LogP contribution in [0.1, 0.15) is 28.8 Å². The first-order valence-electron chi connectivity index (χ1n) is 8.36. The molecule has 0 spiro atoms. The SMILES string of the molecule is COC(=O)C(O)CNC(=O)C1CCCN1C(=O)c1ccc([N+](=O)[O-])c(C)c1. The summed E-state index contributed by atoms with van der Waals surface area (Å²) in [4.78, 5) is 48.0. The number of carbonyl (C=O) groups is 3. The van der Waals surface area contributed by atoms with E-state index >= 15 is 0 Å². The van der Waals surface area contributed by atoms with Gasteiger partial charge in [0, 0.05) is 23.7 Å². The average Bonchev–Trinajstić information content (AvgIpc) is 3.13. The molecule has 0 aromatic heterocycles. The quantitative estimate of drug-likeness (QED) is 0.408. The van der Waals surface area contributed by atoms with Crippen molar-refractivity contribution in [2.24, 2.45) is 0 Å². The summed E-state index contributed by atoms with van der Waals surface area (Å²) in [5.41, 5.74) is 0.527. The highest BCUT2D eigenvalue weighted by Gasteiger charge is 2.35. The van der Waals surface area contributed by atoms with Gasteiger partial charge in [-0.15, -0.1) is 0 Å². The van der Waals surface area contributed by atoms with Gasteiger partial charge in [0.25, 0.3) is 11.6 Å². The molecular formula is C17H21N3O7. The Bertz CT molecular complexity index is 765. The van der Waals surface area contributed by atoms with Crippen LogP contribution in [0, 0.1) is 17.0 Å². The minimum atomic E-state index is -1.48. The molecule has 1 fully saturated rings. The number of esters is 1. The highest BCUT2D eigenvalue weighted by molar-refractivity contribution is 5.98. The summed E-state index contributed by atoms with van der Waals surface area (Å²) in [6.45, 7) is 1.59. The molecule has 0 radical (unpaired) electrons. The Morgan fingerprint density at radius 1 is 1.44 bits per heavy atom. The van der Waals surface area contributed by atoms with Crippen molar-refractivity contribution in [2.75, 3.05) is 20.2 Å². The second-order valence-corrected chi connectivity index (χ2v) is 6.20. The molecule has 2 N–H and O–H groups in total. The Morgan fingerprint density at radius 3 is 2.74 bits per heavy atom. The molecule has 2 amide bonds. The number of aryl methyl sites for hydroxylation is 1. The topological polar surface area (TPSA) is 139 Å². The van der Waals surface area contributed by atoms with Gasteiger partial charge in [0.15, 0.2) is 6.10 Å². The van der Waals surface area contributed by atoms with Gasteiger partial charge in [-0.2, -0.15) is 0 Å². The number of aliphatic hydroxyl groups excluding tert-OH is 1. The molecule has 1 saturated heterocycles. The van der Waals surface area contributed by atoms with E-state index in [2.05, 4.69) is 10.1 Å². The predicted octanol–water partition coefficient (Wildman–Crippen LogP) is 0.158. The molecule has 1 aliphatic rings. The lowest BCUT2D eigenvalue weighted by atomic mass is 10.1. The fourth-order valence-corrected chi connectivity index (χ4v) is 2.98. The van der Waals surface area contributed by atoms with Crippen LogP contribution in [-0.2, 0) is 14.3 Å². The number of nitrogens with zero attached hydrogens (tertiary/aromatic N) is 2. The summed E-state index contributed by atoms with van der Waals surface area (Å²) in [5, 5.41) is 22.9. The lowest BCUT2D eigenvalue weighted by Gasteiger charge is -2.24. The minimum Gasteiger partial charge on any atom is -0.467 e. The summed E-state index contributed by atoms with van der Waals surface area (Å²) in [6, 6.07) is 3.31. The Hall–Kier alpha value is -3.01. The van der Waals surface area contributed by atoms with Crippen molar-refractivity contribution >= 4 is 23.5 Å². The van der Waals surface area contributed by atoms with Gasteiger partial charge in [0.2, 0.25) is 5.91 Å². The third-order valence-electron chi connectivity index (χ3n) is 4.40. The number of benzene rings is 1. The second kappa shape index (κ2) is 8.58. The van der Waals surface area contributed by atoms with E-state index in [0.717, 1.165) is 7.11 Å². The molecule has 2 atom stereocenters. The Kier molecular flexibility index (Phi) is 6.45. The number of methoxy groups -OCH3 is 1. The van der Waals surface area contributed by atoms with Gasteiger partial charge < -0.3 is 20.1 Å². The number of amides is 2. The monoisotopic (exact) mass is 379 g/mol. The Labute approximate surface area is 155 Å². The van der Waals surface area contributed by atoms with Gasteiger partial charge in [-0.3, -0.25) is 19.7 Å². The van der Waals surface area contributed by atoms with Crippen molar-refractivity contribution in [1.82, 2.24) is 10.2 Å². The van der Waals surface area contributed by atoms with Crippen molar-refractivity contribution in [1.29, 1.82) is 0 Å². The third kappa shape index (κ3) is 4.59. The number of rotatable bonds is 6. The number of aliphatic hydroxyl groups is 1. The minimum absolute atomic E-state index is 0.0842. The van der Waals surface area contributed by atoms with Gasteiger partial charge in [-0.05, 0) is 31.9 Å². The molecule has 10 nitrogen and oxygen atoms in total. The molecule has 1 heterocycles. The molecule has 2 unspecified atom stereocenters. The molecule has 1 aromatic carbocycles. The molecule has 1 aliphatic heterocycles. The standard InChI is InChI=1S/C17H21N3O7/c1-10-8-11(5-6-12(10)20(25)26)16(23)19-7-3-4-13(19)15(22)18-9-14(21)17(24)27-2/h5-6,8,13-14,21H,3-4,7,9H2,1-2H3,(H,18,22). The summed E-state index contributed by atoms with van der Waals surface area (Å²) in [7, 11) is 1.12. The zero-order valence-corrected chi connectivity index (χ0v) is 15.0. The van der Waals surface area contributed by atoms with Gasteiger partial charge in [0.05, 0.1) is 18.6 Å². The van der Waals surface area contributed by atoms with Crippen LogP contribution in [0.5, 0.6) is 0 Å². The summed E-state index contributed by atoms with van der Waals surface area (Å²) in [5.74, 6) is -1.75. The molecule has 1 aromatic rings. The summed E-state index contributed by atoms with van der Waals surface area (Å²) < 4.78 is 4.37. The lowest BCUT2D eigenvalue weighted by molar-refractivity contribution is -0.385. The predicted molar refractivity (Wildman–Crippen MR) is 92.9 cm³/mol. The zero-order chi connectivity index (χ0) is 20.1. The first-order chi connectivity index (χ1) is 12.8. The summed E-state index contributed by atoms with van der Waals surface area (Å²) >= 11 is 0. The zero-order valence-electron chi connectivity index (χ0n) is 15.0. The van der Waals surface area contributed by atoms with Gasteiger partial charge in [-0.1, -0.05) is 0 Å². The number of nitro benzene ring substituents is 1. The van der Waals surface area contributed by atoms with E-state index in [1.165, 1.54) is 30.0 Å². The fourth-order valence-electron chi connectivity index (χ4n) is 2.98. The van der Waals surface area contributed by atoms with E-state index in [-0.39, 0.29) is 17.8 Å². The normalized spacial score (nSPS) is 17.3. The third-order valence-corrected chi connectivity index (χ3v) is 4.40. The highest BCUT2D eigenvalue weighted by atomic mass is 16.6. The van der Waals surface area contributed by atoms with E-state index in [1.54, 1.807) is 0 Å². The van der Waals surface area contributed by atoms with E-state index in [0.29, 0.717) is 24.9 Å². The van der Waals surface area contributed by atoms with Crippen LogP contribution < -0.4 is 5.32 Å². The van der Waals surface area contributed by atoms with E-state index < -0.39 is 34.9 Å². The highest BCUT2D eigenvalue weighted by Crippen LogP contribution is 2.24. The number of likely N-dealkylation sites (tertiary alicyclic amines) is 1. The van der Waals surface area contributed by atoms with E-state index in [1.807, 2.05) is 0 Å². The Morgan fingerprint density at radius 2 is 2.15 bits per heavy atom. The van der Waals surface area contributed by atoms with Crippen LogP contribution in [0.25, 0.3) is 0 Å². The van der Waals surface area contributed by atoms with Crippen LogP contribution >= 0.6 is 0 Å². The van der Waals surface area contributed by atoms with Crippen molar-refractivity contribution in [2.45, 2.75) is 31.9 Å². The molecule has 2 rings (SSSR count). The maximum Gasteiger partial charge on any atom is 0.336 e. The molecular weight excluding hydrogens is 358 g/mol. The van der Waals surface area contributed by atoms with Crippen molar-refractivity contribution < 1.29 is 29.2 Å². The van der Waals surface area contributed by atoms with Crippen molar-refractivity contribution in [3.8, 4) is 0 Å². The number of hydrogen-bond donors (Lipinski definition) is 2. The number of carbonyl (C=O) groups excluding carboxylic acids is 3. The number of hydrogen-bond acceptors (Lipinski definition) is 7.